The Hall–Kier alpha value is -1.55. The molecule has 0 saturated heterocycles. The topological polar surface area (TPSA) is 55.8 Å². The van der Waals surface area contributed by atoms with Crippen molar-refractivity contribution in [2.75, 3.05) is 13.2 Å². The van der Waals surface area contributed by atoms with E-state index in [0.717, 1.165) is 6.42 Å². The summed E-state index contributed by atoms with van der Waals surface area (Å²) in [5.74, 6) is -0.383. The van der Waals surface area contributed by atoms with E-state index in [1.807, 2.05) is 0 Å². The van der Waals surface area contributed by atoms with E-state index in [-0.39, 0.29) is 11.7 Å². The molecule has 0 saturated carbocycles. The van der Waals surface area contributed by atoms with Gasteiger partial charge in [0.1, 0.15) is 12.4 Å². The number of ether oxygens (including phenoxy) is 2. The highest BCUT2D eigenvalue weighted by Gasteiger charge is 2.05. The predicted molar refractivity (Wildman–Crippen MR) is 83.1 cm³/mol. The van der Waals surface area contributed by atoms with Crippen molar-refractivity contribution >= 4 is 5.97 Å². The van der Waals surface area contributed by atoms with Gasteiger partial charge in [-0.25, -0.2) is 4.79 Å². The Morgan fingerprint density at radius 3 is 2.76 bits per heavy atom. The summed E-state index contributed by atoms with van der Waals surface area (Å²) in [5.41, 5.74) is 0.234. The molecule has 0 aromatic heterocycles. The lowest BCUT2D eigenvalue weighted by Gasteiger charge is -2.13. The van der Waals surface area contributed by atoms with Crippen LogP contribution >= 0.6 is 0 Å². The van der Waals surface area contributed by atoms with Gasteiger partial charge in [0.15, 0.2) is 0 Å². The number of rotatable bonds is 11. The van der Waals surface area contributed by atoms with Gasteiger partial charge >= 0.3 is 5.97 Å². The summed E-state index contributed by atoms with van der Waals surface area (Å²) >= 11 is 0. The maximum Gasteiger partial charge on any atom is 0.335 e. The van der Waals surface area contributed by atoms with Gasteiger partial charge in [-0.05, 0) is 31.5 Å². The van der Waals surface area contributed by atoms with Crippen LogP contribution in [0.15, 0.2) is 24.3 Å². The van der Waals surface area contributed by atoms with Gasteiger partial charge in [0.25, 0.3) is 0 Å². The lowest BCUT2D eigenvalue weighted by atomic mass is 10.1. The van der Waals surface area contributed by atoms with E-state index >= 15 is 0 Å². The molecule has 0 amide bonds. The molecule has 1 rings (SSSR count). The van der Waals surface area contributed by atoms with Crippen molar-refractivity contribution in [3.05, 3.63) is 29.8 Å². The summed E-state index contributed by atoms with van der Waals surface area (Å²) < 4.78 is 11.2. The van der Waals surface area contributed by atoms with Crippen LogP contribution in [0.3, 0.4) is 0 Å². The van der Waals surface area contributed by atoms with Crippen LogP contribution in [-0.2, 0) is 4.74 Å². The maximum atomic E-state index is 10.8. The van der Waals surface area contributed by atoms with E-state index < -0.39 is 5.97 Å². The predicted octanol–water partition coefficient (Wildman–Crippen LogP) is 4.14. The minimum Gasteiger partial charge on any atom is -0.491 e. The smallest absolute Gasteiger partial charge is 0.335 e. The van der Waals surface area contributed by atoms with E-state index in [9.17, 15) is 4.79 Å². The zero-order chi connectivity index (χ0) is 15.5. The lowest BCUT2D eigenvalue weighted by Crippen LogP contribution is -2.14. The Balaban J connectivity index is 2.16. The van der Waals surface area contributed by atoms with Crippen LogP contribution in [0, 0.1) is 0 Å². The number of hydrogen-bond acceptors (Lipinski definition) is 3. The Labute approximate surface area is 127 Å². The molecule has 4 heteroatoms. The SMILES string of the molecule is CCCCCCC(C)OCCOc1cccc(C(=O)O)c1. The molecule has 0 bridgehead atoms. The minimum absolute atomic E-state index is 0.234. The summed E-state index contributed by atoms with van der Waals surface area (Å²) in [6.45, 7) is 5.24. The number of aromatic carboxylic acids is 1. The van der Waals surface area contributed by atoms with E-state index in [0.29, 0.717) is 19.0 Å². The van der Waals surface area contributed by atoms with E-state index in [1.54, 1.807) is 18.2 Å². The first-order chi connectivity index (χ1) is 10.1. The molecule has 21 heavy (non-hydrogen) atoms. The number of carbonyl (C=O) groups is 1. The average molecular weight is 294 g/mol. The molecule has 0 radical (unpaired) electrons. The molecule has 4 nitrogen and oxygen atoms in total. The molecular formula is C17H26O4. The third-order valence-electron chi connectivity index (χ3n) is 3.30. The van der Waals surface area contributed by atoms with Gasteiger partial charge in [-0.3, -0.25) is 0 Å². The van der Waals surface area contributed by atoms with Crippen molar-refractivity contribution in [2.24, 2.45) is 0 Å². The van der Waals surface area contributed by atoms with Crippen LogP contribution in [-0.4, -0.2) is 30.4 Å². The van der Waals surface area contributed by atoms with Gasteiger partial charge < -0.3 is 14.6 Å². The quantitative estimate of drug-likeness (QED) is 0.623. The summed E-state index contributed by atoms with van der Waals surface area (Å²) in [7, 11) is 0. The van der Waals surface area contributed by atoms with Gasteiger partial charge in [-0.1, -0.05) is 38.7 Å². The molecule has 118 valence electrons. The fourth-order valence-electron chi connectivity index (χ4n) is 2.07. The van der Waals surface area contributed by atoms with Gasteiger partial charge in [0.05, 0.1) is 18.3 Å². The number of benzene rings is 1. The van der Waals surface area contributed by atoms with Crippen LogP contribution in [0.4, 0.5) is 0 Å². The molecule has 0 spiro atoms. The first kappa shape index (κ1) is 17.5. The minimum atomic E-state index is -0.947. The van der Waals surface area contributed by atoms with Crippen molar-refractivity contribution in [1.29, 1.82) is 0 Å². The fraction of sp³-hybridized carbons (Fsp3) is 0.588. The maximum absolute atomic E-state index is 10.8. The fourth-order valence-corrected chi connectivity index (χ4v) is 2.07. The zero-order valence-electron chi connectivity index (χ0n) is 13.0. The van der Waals surface area contributed by atoms with Gasteiger partial charge in [-0.2, -0.15) is 0 Å². The summed E-state index contributed by atoms with van der Waals surface area (Å²) in [6, 6.07) is 6.50. The molecule has 0 fully saturated rings. The largest absolute Gasteiger partial charge is 0.491 e. The third-order valence-corrected chi connectivity index (χ3v) is 3.30. The van der Waals surface area contributed by atoms with Crippen LogP contribution in [0.2, 0.25) is 0 Å². The first-order valence-corrected chi connectivity index (χ1v) is 7.71. The Kier molecular flexibility index (Phi) is 8.51. The monoisotopic (exact) mass is 294 g/mol. The second-order valence-corrected chi connectivity index (χ2v) is 5.21. The standard InChI is InChI=1S/C17H26O4/c1-3-4-5-6-8-14(2)20-11-12-21-16-10-7-9-15(13-16)17(18)19/h7,9-10,13-14H,3-6,8,11-12H2,1-2H3,(H,18,19). The normalized spacial score (nSPS) is 12.1. The van der Waals surface area contributed by atoms with Crippen LogP contribution in [0.1, 0.15) is 56.3 Å². The molecule has 1 unspecified atom stereocenters. The number of carboxylic acid groups (broad SMARTS) is 1. The van der Waals surface area contributed by atoms with Crippen molar-refractivity contribution in [3.8, 4) is 5.75 Å². The number of unbranched alkanes of at least 4 members (excludes halogenated alkanes) is 3. The highest BCUT2D eigenvalue weighted by molar-refractivity contribution is 5.87. The van der Waals surface area contributed by atoms with Gasteiger partial charge in [0, 0.05) is 0 Å². The molecule has 0 aliphatic heterocycles. The molecule has 1 aromatic rings. The van der Waals surface area contributed by atoms with Crippen molar-refractivity contribution in [3.63, 3.8) is 0 Å². The highest BCUT2D eigenvalue weighted by Crippen LogP contribution is 2.13. The Morgan fingerprint density at radius 1 is 1.24 bits per heavy atom. The van der Waals surface area contributed by atoms with Gasteiger partial charge in [-0.15, -0.1) is 0 Å². The molecule has 0 heterocycles. The molecule has 1 atom stereocenters. The third kappa shape index (κ3) is 7.71. The van der Waals surface area contributed by atoms with E-state index in [2.05, 4.69) is 13.8 Å². The van der Waals surface area contributed by atoms with Crippen LogP contribution < -0.4 is 4.74 Å². The summed E-state index contributed by atoms with van der Waals surface area (Å²) in [6.07, 6.45) is 6.33. The van der Waals surface area contributed by atoms with Gasteiger partial charge in [0.2, 0.25) is 0 Å². The molecule has 1 aromatic carbocycles. The van der Waals surface area contributed by atoms with E-state index in [4.69, 9.17) is 14.6 Å². The molecule has 0 aliphatic rings. The average Bonchev–Trinajstić information content (AvgIpc) is 2.48. The van der Waals surface area contributed by atoms with Crippen molar-refractivity contribution < 1.29 is 19.4 Å². The molecule has 0 aliphatic carbocycles. The van der Waals surface area contributed by atoms with Crippen LogP contribution in [0.25, 0.3) is 0 Å². The number of hydrogen-bond donors (Lipinski definition) is 1. The van der Waals surface area contributed by atoms with Crippen LogP contribution in [0.5, 0.6) is 5.75 Å². The lowest BCUT2D eigenvalue weighted by molar-refractivity contribution is 0.0384. The van der Waals surface area contributed by atoms with E-state index in [1.165, 1.54) is 31.7 Å². The zero-order valence-corrected chi connectivity index (χ0v) is 13.0. The summed E-state index contributed by atoms with van der Waals surface area (Å²) in [4.78, 5) is 10.8. The second-order valence-electron chi connectivity index (χ2n) is 5.21. The second kappa shape index (κ2) is 10.2. The van der Waals surface area contributed by atoms with Crippen molar-refractivity contribution in [1.82, 2.24) is 0 Å². The summed E-state index contributed by atoms with van der Waals surface area (Å²) in [5, 5.41) is 8.89. The molecular weight excluding hydrogens is 268 g/mol. The Morgan fingerprint density at radius 2 is 2.05 bits per heavy atom. The van der Waals surface area contributed by atoms with Crippen molar-refractivity contribution in [2.45, 2.75) is 52.1 Å². The molecule has 1 N–H and O–H groups in total. The number of carboxylic acids is 1. The Bertz CT molecular complexity index is 417. The highest BCUT2D eigenvalue weighted by atomic mass is 16.5. The first-order valence-electron chi connectivity index (χ1n) is 7.71.